The van der Waals surface area contributed by atoms with Crippen LogP contribution >= 0.6 is 0 Å². The fourth-order valence-corrected chi connectivity index (χ4v) is 12.0. The summed E-state index contributed by atoms with van der Waals surface area (Å²) in [6, 6.07) is 6.02. The van der Waals surface area contributed by atoms with Crippen molar-refractivity contribution in [2.45, 2.75) is 133 Å². The minimum Gasteiger partial charge on any atom is -0.379 e. The number of pyridine rings is 1. The highest BCUT2D eigenvalue weighted by molar-refractivity contribution is 5.93. The molecule has 0 spiro atoms. The molecule has 0 bridgehead atoms. The molecule has 5 aliphatic rings. The van der Waals surface area contributed by atoms with E-state index in [9.17, 15) is 37.1 Å². The van der Waals surface area contributed by atoms with E-state index < -0.39 is 23.7 Å². The Bertz CT molecular complexity index is 2380. The first kappa shape index (κ1) is 53.8. The fraction of sp³-hybridized carbons (Fsp3) is 0.660. The van der Waals surface area contributed by atoms with E-state index in [0.29, 0.717) is 95.3 Å². The van der Waals surface area contributed by atoms with Crippen LogP contribution in [0.15, 0.2) is 49.1 Å². The van der Waals surface area contributed by atoms with E-state index in [4.69, 9.17) is 9.47 Å². The summed E-state index contributed by atoms with van der Waals surface area (Å²) in [5.41, 5.74) is 0.354. The standard InChI is InChI=1S/C53H73F3N10O7/c1-33(2)63(3)39-12-14-45(66-23-17-43(52(66)71)61-49-40-28-38(53(54,55)56)11-13-42(40)59-32-60-49)44(29-39)62-50(69)36-9-7-34(8-10-36)35-15-21-65(22-16-35)46(67)18-24-72-26-27-73-25-20-58-51(70)41-30-47(68)64(4)48(41)37-6-5-19-57-31-37/h5-6,11,13,19,28,31-36,39,41,43-45,48H,7-10,12,14-18,20-27,29-30H2,1-4H3,(H,58,70)(H,62,69)(H,59,60,61)/t34-,36+,39-,41+,43+,44-,45+,48-/m1/s1. The predicted octanol–water partition coefficient (Wildman–Crippen LogP) is 5.61. The molecule has 3 aliphatic heterocycles. The number of aromatic nitrogens is 3. The zero-order valence-electron chi connectivity index (χ0n) is 42.7. The van der Waals surface area contributed by atoms with Crippen LogP contribution in [-0.4, -0.2) is 161 Å². The SMILES string of the molecule is CC(C)N(C)[C@@H]1CC[C@H](N2CC[C@H](Nc3ncnc4ccc(C(F)(F)F)cc34)C2=O)[C@H](NC(=O)[C@H]2CC[C@@H](C3CCN(C(=O)CCOCCOCCNC(=O)[C@H]4CC(=O)N(C)[C@@H]4c4cccnc4)CC3)CC2)C1. The molecule has 3 N–H and O–H groups in total. The Kier molecular flexibility index (Phi) is 17.9. The lowest BCUT2D eigenvalue weighted by atomic mass is 9.72. The van der Waals surface area contributed by atoms with E-state index in [2.05, 4.69) is 56.7 Å². The lowest BCUT2D eigenvalue weighted by Crippen LogP contribution is -2.59. The highest BCUT2D eigenvalue weighted by Crippen LogP contribution is 2.40. The number of amides is 5. The third kappa shape index (κ3) is 13.1. The fourth-order valence-electron chi connectivity index (χ4n) is 12.0. The maximum atomic E-state index is 14.1. The van der Waals surface area contributed by atoms with Crippen LogP contribution in [0, 0.1) is 23.7 Å². The van der Waals surface area contributed by atoms with E-state index in [1.807, 2.05) is 15.9 Å². The molecular formula is C53H73F3N10O7. The number of fused-ring (bicyclic) bond motifs is 1. The van der Waals surface area contributed by atoms with Gasteiger partial charge in [-0.2, -0.15) is 13.2 Å². The lowest BCUT2D eigenvalue weighted by molar-refractivity contribution is -0.137. The molecular weight excluding hydrogens is 946 g/mol. The molecule has 5 heterocycles. The number of rotatable bonds is 19. The Labute approximate surface area is 426 Å². The minimum absolute atomic E-state index is 0.0384. The first-order valence-corrected chi connectivity index (χ1v) is 26.3. The number of piperidine rings is 1. The van der Waals surface area contributed by atoms with Crippen molar-refractivity contribution in [3.63, 3.8) is 0 Å². The molecule has 0 radical (unpaired) electrons. The summed E-state index contributed by atoms with van der Waals surface area (Å²) in [5, 5.41) is 9.68. The summed E-state index contributed by atoms with van der Waals surface area (Å²) < 4.78 is 52.2. The van der Waals surface area contributed by atoms with Crippen molar-refractivity contribution in [2.24, 2.45) is 23.7 Å². The van der Waals surface area contributed by atoms with Gasteiger partial charge in [0.1, 0.15) is 18.2 Å². The molecule has 5 amide bonds. The van der Waals surface area contributed by atoms with E-state index in [0.717, 1.165) is 69.1 Å². The topological polar surface area (TPSA) is 192 Å². The highest BCUT2D eigenvalue weighted by Gasteiger charge is 2.45. The number of nitrogens with zero attached hydrogens (tertiary/aromatic N) is 7. The van der Waals surface area contributed by atoms with Gasteiger partial charge >= 0.3 is 6.18 Å². The first-order valence-electron chi connectivity index (χ1n) is 26.3. The average molecular weight is 1020 g/mol. The number of benzene rings is 1. The van der Waals surface area contributed by atoms with Crippen LogP contribution < -0.4 is 16.0 Å². The number of halogens is 3. The molecule has 20 heteroatoms. The Morgan fingerprint density at radius 3 is 2.33 bits per heavy atom. The monoisotopic (exact) mass is 1020 g/mol. The number of hydrogen-bond donors (Lipinski definition) is 3. The minimum atomic E-state index is -4.54. The Morgan fingerprint density at radius 1 is 0.877 bits per heavy atom. The summed E-state index contributed by atoms with van der Waals surface area (Å²) in [6.07, 6.45) is 8.65. The number of carbonyl (C=O) groups is 5. The van der Waals surface area contributed by atoms with Gasteiger partial charge in [-0.1, -0.05) is 6.07 Å². The van der Waals surface area contributed by atoms with Crippen LogP contribution in [0.25, 0.3) is 10.9 Å². The van der Waals surface area contributed by atoms with Crippen LogP contribution in [0.3, 0.4) is 0 Å². The first-order chi connectivity index (χ1) is 35.1. The summed E-state index contributed by atoms with van der Waals surface area (Å²) in [4.78, 5) is 87.0. The Hall–Kier alpha value is -5.47. The average Bonchev–Trinajstić information content (AvgIpc) is 3.91. The summed E-state index contributed by atoms with van der Waals surface area (Å²) >= 11 is 0. The van der Waals surface area contributed by atoms with Crippen molar-refractivity contribution in [3.8, 4) is 0 Å². The molecule has 5 fully saturated rings. The van der Waals surface area contributed by atoms with Gasteiger partial charge in [0, 0.05) is 75.4 Å². The predicted molar refractivity (Wildman–Crippen MR) is 266 cm³/mol. The van der Waals surface area contributed by atoms with Gasteiger partial charge in [-0.25, -0.2) is 9.97 Å². The number of alkyl halides is 3. The number of hydrogen-bond acceptors (Lipinski definition) is 12. The van der Waals surface area contributed by atoms with Gasteiger partial charge in [0.2, 0.25) is 29.5 Å². The molecule has 17 nitrogen and oxygen atoms in total. The zero-order valence-corrected chi connectivity index (χ0v) is 42.7. The second-order valence-electron chi connectivity index (χ2n) is 21.0. The molecule has 73 heavy (non-hydrogen) atoms. The van der Waals surface area contributed by atoms with Gasteiger partial charge in [0.05, 0.1) is 68.0 Å². The highest BCUT2D eigenvalue weighted by atomic mass is 19.4. The van der Waals surface area contributed by atoms with Crippen LogP contribution in [0.4, 0.5) is 19.0 Å². The second-order valence-corrected chi connectivity index (χ2v) is 21.0. The van der Waals surface area contributed by atoms with Crippen molar-refractivity contribution in [3.05, 3.63) is 60.2 Å². The van der Waals surface area contributed by atoms with Gasteiger partial charge < -0.3 is 45.0 Å². The van der Waals surface area contributed by atoms with Crippen LogP contribution in [-0.2, 0) is 39.6 Å². The maximum absolute atomic E-state index is 14.1. The van der Waals surface area contributed by atoms with Crippen molar-refractivity contribution in [1.82, 2.24) is 45.2 Å². The molecule has 3 aromatic rings. The van der Waals surface area contributed by atoms with E-state index in [-0.39, 0.29) is 77.2 Å². The number of nitrogens with one attached hydrogen (secondary N) is 3. The summed E-state index contributed by atoms with van der Waals surface area (Å²) in [5.74, 6) is 0.254. The van der Waals surface area contributed by atoms with Crippen molar-refractivity contribution < 1.29 is 46.6 Å². The van der Waals surface area contributed by atoms with Gasteiger partial charge in [-0.15, -0.1) is 0 Å². The molecule has 1 aromatic carbocycles. The van der Waals surface area contributed by atoms with Gasteiger partial charge in [0.25, 0.3) is 0 Å². The van der Waals surface area contributed by atoms with Gasteiger partial charge in [-0.05, 0) is 127 Å². The maximum Gasteiger partial charge on any atom is 0.416 e. The number of likely N-dealkylation sites (tertiary alicyclic amines) is 3. The molecule has 398 valence electrons. The molecule has 2 saturated carbocycles. The smallest absolute Gasteiger partial charge is 0.379 e. The van der Waals surface area contributed by atoms with Crippen molar-refractivity contribution in [2.75, 3.05) is 72.0 Å². The number of anilines is 1. The third-order valence-corrected chi connectivity index (χ3v) is 16.4. The van der Waals surface area contributed by atoms with Gasteiger partial charge in [0.15, 0.2) is 0 Å². The van der Waals surface area contributed by atoms with Crippen LogP contribution in [0.1, 0.15) is 108 Å². The summed E-state index contributed by atoms with van der Waals surface area (Å²) in [6.45, 7) is 7.74. The molecule has 6 atom stereocenters. The van der Waals surface area contributed by atoms with Gasteiger partial charge in [-0.3, -0.25) is 29.0 Å². The van der Waals surface area contributed by atoms with E-state index >= 15 is 0 Å². The molecule has 2 aromatic heterocycles. The quantitative estimate of drug-likeness (QED) is 0.126. The van der Waals surface area contributed by atoms with Crippen LogP contribution in [0.5, 0.6) is 0 Å². The zero-order chi connectivity index (χ0) is 51.8. The van der Waals surface area contributed by atoms with Crippen molar-refractivity contribution in [1.29, 1.82) is 0 Å². The second kappa shape index (κ2) is 24.3. The number of carbonyl (C=O) groups excluding carboxylic acids is 5. The molecule has 3 saturated heterocycles. The normalized spacial score (nSPS) is 26.3. The number of ether oxygens (including phenoxy) is 2. The molecule has 0 unspecified atom stereocenters. The molecule has 2 aliphatic carbocycles. The van der Waals surface area contributed by atoms with E-state index in [1.54, 1.807) is 30.4 Å². The van der Waals surface area contributed by atoms with Crippen molar-refractivity contribution >= 4 is 46.3 Å². The Morgan fingerprint density at radius 2 is 1.62 bits per heavy atom. The summed E-state index contributed by atoms with van der Waals surface area (Å²) in [7, 11) is 3.82. The Balaban J connectivity index is 0.732. The van der Waals surface area contributed by atoms with E-state index in [1.165, 1.54) is 12.4 Å². The van der Waals surface area contributed by atoms with Crippen LogP contribution in [0.2, 0.25) is 0 Å². The third-order valence-electron chi connectivity index (χ3n) is 16.4. The lowest BCUT2D eigenvalue weighted by Gasteiger charge is -2.45. The molecule has 8 rings (SSSR count). The largest absolute Gasteiger partial charge is 0.416 e.